The molecule has 3 aromatic rings. The molecule has 0 radical (unpaired) electrons. The molecule has 0 bridgehead atoms. The van der Waals surface area contributed by atoms with Gasteiger partial charge in [0.2, 0.25) is 15.9 Å². The van der Waals surface area contributed by atoms with E-state index in [2.05, 4.69) is 10.0 Å². The van der Waals surface area contributed by atoms with Crippen molar-refractivity contribution in [2.24, 2.45) is 0 Å². The number of benzene rings is 3. The van der Waals surface area contributed by atoms with Crippen molar-refractivity contribution >= 4 is 39.2 Å². The van der Waals surface area contributed by atoms with Crippen LogP contribution in [0.4, 0.5) is 10.1 Å². The van der Waals surface area contributed by atoms with Crippen LogP contribution in [0.15, 0.2) is 77.7 Å². The van der Waals surface area contributed by atoms with Crippen LogP contribution >= 0.6 is 11.6 Å². The monoisotopic (exact) mass is 506 g/mol. The zero-order valence-corrected chi connectivity index (χ0v) is 19.1. The number of aliphatic carboxylic acids is 1. The SMILES string of the molecule is O=C(O)Cc1ccc(NC(=O)[C@H](COc2ccc(Cl)cc2)NS(=O)(=O)c2ccc(F)cc2)cc1. The molecule has 178 valence electrons. The molecular weight excluding hydrogens is 487 g/mol. The minimum Gasteiger partial charge on any atom is -0.491 e. The van der Waals surface area contributed by atoms with Crippen molar-refractivity contribution < 1.29 is 32.2 Å². The molecule has 3 N–H and O–H groups in total. The molecule has 11 heteroatoms. The lowest BCUT2D eigenvalue weighted by atomic mass is 10.1. The van der Waals surface area contributed by atoms with Crippen LogP contribution in [0, 0.1) is 5.82 Å². The second kappa shape index (κ2) is 11.1. The normalized spacial score (nSPS) is 12.1. The largest absolute Gasteiger partial charge is 0.491 e. The Morgan fingerprint density at radius 3 is 2.18 bits per heavy atom. The summed E-state index contributed by atoms with van der Waals surface area (Å²) in [4.78, 5) is 23.5. The number of rotatable bonds is 10. The fourth-order valence-electron chi connectivity index (χ4n) is 2.85. The first-order chi connectivity index (χ1) is 16.1. The summed E-state index contributed by atoms with van der Waals surface area (Å²) in [5.74, 6) is -1.95. The molecule has 0 unspecified atom stereocenters. The number of halogens is 2. The van der Waals surface area contributed by atoms with Gasteiger partial charge in [-0.1, -0.05) is 23.7 Å². The van der Waals surface area contributed by atoms with Gasteiger partial charge in [0, 0.05) is 10.7 Å². The van der Waals surface area contributed by atoms with Crippen molar-refractivity contribution in [1.82, 2.24) is 4.72 Å². The Hall–Kier alpha value is -3.47. The first-order valence-electron chi connectivity index (χ1n) is 9.90. The van der Waals surface area contributed by atoms with Crippen LogP contribution in [0.1, 0.15) is 5.56 Å². The minimum absolute atomic E-state index is 0.177. The number of anilines is 1. The van der Waals surface area contributed by atoms with Crippen LogP contribution < -0.4 is 14.8 Å². The van der Waals surface area contributed by atoms with Crippen LogP contribution in [0.25, 0.3) is 0 Å². The Morgan fingerprint density at radius 2 is 1.59 bits per heavy atom. The third-order valence-corrected chi connectivity index (χ3v) is 6.28. The van der Waals surface area contributed by atoms with Gasteiger partial charge in [-0.25, -0.2) is 12.8 Å². The van der Waals surface area contributed by atoms with Gasteiger partial charge in [0.25, 0.3) is 0 Å². The Balaban J connectivity index is 1.78. The number of amides is 1. The molecule has 0 saturated heterocycles. The molecule has 1 atom stereocenters. The van der Waals surface area contributed by atoms with Crippen LogP contribution in [-0.2, 0) is 26.0 Å². The van der Waals surface area contributed by atoms with Gasteiger partial charge in [-0.05, 0) is 66.2 Å². The fraction of sp³-hybridized carbons (Fsp3) is 0.130. The molecule has 3 aromatic carbocycles. The number of ether oxygens (including phenoxy) is 1. The number of hydrogen-bond donors (Lipinski definition) is 3. The summed E-state index contributed by atoms with van der Waals surface area (Å²) in [6.45, 7) is -0.356. The van der Waals surface area contributed by atoms with Crippen molar-refractivity contribution in [2.45, 2.75) is 17.4 Å². The second-order valence-corrected chi connectivity index (χ2v) is 9.30. The third-order valence-electron chi connectivity index (χ3n) is 4.54. The van der Waals surface area contributed by atoms with E-state index in [0.29, 0.717) is 22.0 Å². The van der Waals surface area contributed by atoms with Crippen molar-refractivity contribution in [2.75, 3.05) is 11.9 Å². The number of carboxylic acid groups (broad SMARTS) is 1. The van der Waals surface area contributed by atoms with Crippen LogP contribution in [0.3, 0.4) is 0 Å². The lowest BCUT2D eigenvalue weighted by Crippen LogP contribution is -2.47. The van der Waals surface area contributed by atoms with Crippen molar-refractivity contribution in [3.8, 4) is 5.75 Å². The predicted molar refractivity (Wildman–Crippen MR) is 124 cm³/mol. The van der Waals surface area contributed by atoms with E-state index in [1.54, 1.807) is 24.3 Å². The lowest BCUT2D eigenvalue weighted by Gasteiger charge is -2.19. The van der Waals surface area contributed by atoms with Crippen LogP contribution in [-0.4, -0.2) is 38.0 Å². The van der Waals surface area contributed by atoms with Crippen molar-refractivity contribution in [3.05, 3.63) is 89.2 Å². The fourth-order valence-corrected chi connectivity index (χ4v) is 4.16. The van der Waals surface area contributed by atoms with Gasteiger partial charge in [0.1, 0.15) is 24.2 Å². The van der Waals surface area contributed by atoms with Gasteiger partial charge in [-0.2, -0.15) is 4.72 Å². The predicted octanol–water partition coefficient (Wildman–Crippen LogP) is 3.47. The number of hydrogen-bond acceptors (Lipinski definition) is 5. The highest BCUT2D eigenvalue weighted by molar-refractivity contribution is 7.89. The average molecular weight is 507 g/mol. The molecule has 0 aliphatic carbocycles. The highest BCUT2D eigenvalue weighted by Gasteiger charge is 2.27. The maximum Gasteiger partial charge on any atom is 0.307 e. The molecule has 0 fully saturated rings. The summed E-state index contributed by atoms with van der Waals surface area (Å²) in [5.41, 5.74) is 0.863. The van der Waals surface area contributed by atoms with Gasteiger partial charge in [-0.15, -0.1) is 0 Å². The highest BCUT2D eigenvalue weighted by Crippen LogP contribution is 2.17. The number of carboxylic acids is 1. The zero-order chi connectivity index (χ0) is 24.7. The van der Waals surface area contributed by atoms with Gasteiger partial charge in [-0.3, -0.25) is 9.59 Å². The molecule has 0 aliphatic heterocycles. The minimum atomic E-state index is -4.19. The van der Waals surface area contributed by atoms with E-state index < -0.39 is 33.8 Å². The third kappa shape index (κ3) is 7.27. The van der Waals surface area contributed by atoms with Crippen LogP contribution in [0.5, 0.6) is 5.75 Å². The van der Waals surface area contributed by atoms with Gasteiger partial charge < -0.3 is 15.2 Å². The van der Waals surface area contributed by atoms with Crippen molar-refractivity contribution in [3.63, 3.8) is 0 Å². The first-order valence-corrected chi connectivity index (χ1v) is 11.8. The molecule has 34 heavy (non-hydrogen) atoms. The highest BCUT2D eigenvalue weighted by atomic mass is 35.5. The summed E-state index contributed by atoms with van der Waals surface area (Å²) >= 11 is 5.85. The van der Waals surface area contributed by atoms with E-state index in [-0.39, 0.29) is 17.9 Å². The second-order valence-electron chi connectivity index (χ2n) is 7.15. The van der Waals surface area contributed by atoms with Gasteiger partial charge in [0.05, 0.1) is 11.3 Å². The molecule has 0 saturated carbocycles. The summed E-state index contributed by atoms with van der Waals surface area (Å²) in [5, 5.41) is 11.9. The number of nitrogens with one attached hydrogen (secondary N) is 2. The smallest absolute Gasteiger partial charge is 0.307 e. The van der Waals surface area contributed by atoms with E-state index in [1.807, 2.05) is 0 Å². The molecule has 1 amide bonds. The molecule has 8 nitrogen and oxygen atoms in total. The van der Waals surface area contributed by atoms with E-state index in [4.69, 9.17) is 21.4 Å². The number of carbonyl (C=O) groups excluding carboxylic acids is 1. The van der Waals surface area contributed by atoms with E-state index in [1.165, 1.54) is 24.3 Å². The Kier molecular flexibility index (Phi) is 8.21. The van der Waals surface area contributed by atoms with Crippen molar-refractivity contribution in [1.29, 1.82) is 0 Å². The summed E-state index contributed by atoms with van der Waals surface area (Å²) < 4.78 is 46.6. The number of sulfonamides is 1. The summed E-state index contributed by atoms with van der Waals surface area (Å²) in [6.07, 6.45) is -0.177. The topological polar surface area (TPSA) is 122 Å². The quantitative estimate of drug-likeness (QED) is 0.387. The molecule has 0 aliphatic rings. The Labute approximate surface area is 200 Å². The molecule has 3 rings (SSSR count). The Bertz CT molecular complexity index is 1250. The zero-order valence-electron chi connectivity index (χ0n) is 17.6. The average Bonchev–Trinajstić information content (AvgIpc) is 2.79. The van der Waals surface area contributed by atoms with E-state index in [9.17, 15) is 22.4 Å². The summed E-state index contributed by atoms with van der Waals surface area (Å²) in [6, 6.07) is 15.1. The summed E-state index contributed by atoms with van der Waals surface area (Å²) in [7, 11) is -4.19. The van der Waals surface area contributed by atoms with Gasteiger partial charge >= 0.3 is 5.97 Å². The standard InChI is InChI=1S/C23H20ClFN2O6S/c24-16-3-9-19(10-4-16)33-14-21(27-34(31,32)20-11-5-17(25)6-12-20)23(30)26-18-7-1-15(2-8-18)13-22(28)29/h1-12,21,27H,13-14H2,(H,26,30)(H,28,29)/t21-/m0/s1. The number of carbonyl (C=O) groups is 2. The molecule has 0 heterocycles. The van der Waals surface area contributed by atoms with E-state index >= 15 is 0 Å². The van der Waals surface area contributed by atoms with Gasteiger partial charge in [0.15, 0.2) is 0 Å². The lowest BCUT2D eigenvalue weighted by molar-refractivity contribution is -0.136. The first kappa shape index (κ1) is 25.2. The Morgan fingerprint density at radius 1 is 0.971 bits per heavy atom. The molecule has 0 spiro atoms. The molecule has 0 aromatic heterocycles. The molecular formula is C23H20ClFN2O6S. The van der Waals surface area contributed by atoms with E-state index in [0.717, 1.165) is 24.3 Å². The maximum atomic E-state index is 13.2. The van der Waals surface area contributed by atoms with Crippen LogP contribution in [0.2, 0.25) is 5.02 Å². The maximum absolute atomic E-state index is 13.2.